The van der Waals surface area contributed by atoms with Crippen molar-refractivity contribution < 1.29 is 52.5 Å². The summed E-state index contributed by atoms with van der Waals surface area (Å²) in [4.78, 5) is 45.7. The van der Waals surface area contributed by atoms with Crippen molar-refractivity contribution in [1.82, 2.24) is 5.06 Å². The largest absolute Gasteiger partial charge is 0.456 e. The molecule has 0 saturated carbocycles. The number of imide groups is 1. The molecule has 0 spiro atoms. The van der Waals surface area contributed by atoms with E-state index in [2.05, 4.69) is 16.4 Å². The van der Waals surface area contributed by atoms with Crippen LogP contribution < -0.4 is 24.7 Å². The van der Waals surface area contributed by atoms with E-state index < -0.39 is 28.0 Å². The molecule has 13 heteroatoms. The fraction of sp³-hybridized carbons (Fsp3) is 0.385. The zero-order valence-electron chi connectivity index (χ0n) is 22.0. The molecule has 1 aromatic rings. The highest BCUT2D eigenvalue weighted by Gasteiger charge is 2.33. The molecular formula is C26H30ClN3O9. The molecule has 3 aliphatic rings. The number of halogens is 1. The number of amides is 2. The van der Waals surface area contributed by atoms with E-state index in [9.17, 15) is 14.4 Å². The predicted octanol–water partition coefficient (Wildman–Crippen LogP) is -0.0774. The molecule has 1 aromatic carbocycles. The van der Waals surface area contributed by atoms with Crippen LogP contribution in [0.25, 0.3) is 22.3 Å². The van der Waals surface area contributed by atoms with E-state index in [-0.39, 0.29) is 19.3 Å². The average Bonchev–Trinajstić information content (AvgIpc) is 3.15. The number of nitrogens with one attached hydrogen (secondary N) is 1. The molecule has 4 rings (SSSR count). The van der Waals surface area contributed by atoms with Crippen LogP contribution in [0, 0.1) is 24.1 Å². The van der Waals surface area contributed by atoms with Crippen LogP contribution in [0.15, 0.2) is 33.7 Å². The van der Waals surface area contributed by atoms with Crippen LogP contribution in [0.1, 0.15) is 49.8 Å². The van der Waals surface area contributed by atoms with Crippen LogP contribution in [-0.2, 0) is 25.6 Å². The third kappa shape index (κ3) is 7.74. The summed E-state index contributed by atoms with van der Waals surface area (Å²) in [6.45, 7) is 9.50. The fourth-order valence-corrected chi connectivity index (χ4v) is 4.29. The van der Waals surface area contributed by atoms with E-state index in [1.54, 1.807) is 0 Å². The number of carbonyl (C=O) groups is 3. The van der Waals surface area contributed by atoms with Gasteiger partial charge in [0, 0.05) is 54.7 Å². The maximum Gasteiger partial charge on any atom is 0.333 e. The fourth-order valence-electron chi connectivity index (χ4n) is 4.29. The summed E-state index contributed by atoms with van der Waals surface area (Å²) in [5.41, 5.74) is 5.62. The average molecular weight is 564 g/mol. The number of fused-ring (bicyclic) bond motifs is 2. The first kappa shape index (κ1) is 30.0. The van der Waals surface area contributed by atoms with Gasteiger partial charge in [0.05, 0.1) is 26.7 Å². The highest BCUT2D eigenvalue weighted by atomic mass is 35.7. The van der Waals surface area contributed by atoms with Gasteiger partial charge in [-0.25, -0.2) is 4.79 Å². The molecule has 1 aliphatic carbocycles. The Morgan fingerprint density at radius 2 is 1.74 bits per heavy atom. The molecule has 0 unspecified atom stereocenters. The maximum absolute atomic E-state index is 12.5. The predicted molar refractivity (Wildman–Crippen MR) is 130 cm³/mol. The van der Waals surface area contributed by atoms with E-state index in [0.29, 0.717) is 29.4 Å². The zero-order valence-corrected chi connectivity index (χ0v) is 22.8. The topological polar surface area (TPSA) is 191 Å². The van der Waals surface area contributed by atoms with Gasteiger partial charge in [0.25, 0.3) is 11.8 Å². The van der Waals surface area contributed by atoms with Gasteiger partial charge < -0.3 is 14.6 Å². The standard InChI is InChI=1S/C26H29N3O5.ClHO4/c1-5-27-20-13-22-18(11-15(20)3)17(7-10-26(32)34-29-24(30)8-9-25(29)31)19-12-16(4)21(28-6-2)14-23(19)33-22;2-1(3,4)5/h11-14,27H,5-10H2,1-4H3;(H,2,3,4,5). The molecule has 2 aliphatic heterocycles. The number of nitrogens with zero attached hydrogens (tertiary/aromatic N) is 2. The lowest BCUT2D eigenvalue weighted by Gasteiger charge is -2.18. The lowest BCUT2D eigenvalue weighted by molar-refractivity contribution is -1.92. The van der Waals surface area contributed by atoms with Crippen molar-refractivity contribution in [2.75, 3.05) is 18.4 Å². The first-order valence-electron chi connectivity index (χ1n) is 12.3. The maximum atomic E-state index is 12.5. The van der Waals surface area contributed by atoms with Crippen molar-refractivity contribution in [2.45, 2.75) is 53.4 Å². The van der Waals surface area contributed by atoms with E-state index in [0.717, 1.165) is 45.2 Å². The zero-order chi connectivity index (χ0) is 28.9. The Balaban J connectivity index is 0.000000771. The van der Waals surface area contributed by atoms with Crippen LogP contribution in [-0.4, -0.2) is 40.6 Å². The highest BCUT2D eigenvalue weighted by molar-refractivity contribution is 6.01. The molecule has 0 radical (unpaired) electrons. The SMILES string of the molecule is CCN=c1cc2oc3cc(NCC)c(C)cc3c(CCC(=O)ON3C(=O)CCC3=O)c-2cc1C.[O-][Cl+3]([O-])([O-])O. The van der Waals surface area contributed by atoms with Gasteiger partial charge in [0.15, 0.2) is 0 Å². The summed E-state index contributed by atoms with van der Waals surface area (Å²) in [6, 6.07) is 8.01. The summed E-state index contributed by atoms with van der Waals surface area (Å²) in [5, 5.41) is 5.72. The molecule has 2 heterocycles. The lowest BCUT2D eigenvalue weighted by Crippen LogP contribution is -2.58. The first-order valence-corrected chi connectivity index (χ1v) is 13.5. The van der Waals surface area contributed by atoms with Crippen molar-refractivity contribution >= 4 is 34.4 Å². The number of hydrogen-bond donors (Lipinski definition) is 2. The van der Waals surface area contributed by atoms with Crippen molar-refractivity contribution in [3.05, 3.63) is 46.3 Å². The minimum atomic E-state index is -4.69. The van der Waals surface area contributed by atoms with E-state index in [4.69, 9.17) is 27.9 Å². The van der Waals surface area contributed by atoms with E-state index in [1.807, 2.05) is 45.9 Å². The van der Waals surface area contributed by atoms with Crippen molar-refractivity contribution in [3.63, 3.8) is 0 Å². The number of rotatable bonds is 7. The monoisotopic (exact) mass is 563 g/mol. The Morgan fingerprint density at radius 3 is 2.33 bits per heavy atom. The Morgan fingerprint density at radius 1 is 1.10 bits per heavy atom. The van der Waals surface area contributed by atoms with Crippen molar-refractivity contribution in [3.8, 4) is 11.3 Å². The van der Waals surface area contributed by atoms with Gasteiger partial charge in [-0.15, -0.1) is 5.06 Å². The normalized spacial score (nSPS) is 14.2. The Labute approximate surface area is 226 Å². The van der Waals surface area contributed by atoms with Gasteiger partial charge in [0.1, 0.15) is 11.3 Å². The Bertz CT molecular complexity index is 1410. The smallest absolute Gasteiger partial charge is 0.333 e. The van der Waals surface area contributed by atoms with Gasteiger partial charge in [-0.2, -0.15) is 14.0 Å². The van der Waals surface area contributed by atoms with Gasteiger partial charge in [-0.05, 0) is 62.9 Å². The van der Waals surface area contributed by atoms with Crippen LogP contribution in [0.5, 0.6) is 0 Å². The van der Waals surface area contributed by atoms with Crippen LogP contribution in [0.2, 0.25) is 0 Å². The number of anilines is 1. The molecule has 1 saturated heterocycles. The number of benzene rings is 2. The molecular weight excluding hydrogens is 534 g/mol. The molecule has 12 nitrogen and oxygen atoms in total. The van der Waals surface area contributed by atoms with Gasteiger partial charge >= 0.3 is 5.97 Å². The third-order valence-corrected chi connectivity index (χ3v) is 5.97. The molecule has 2 amide bonds. The van der Waals surface area contributed by atoms with Gasteiger partial charge in [-0.3, -0.25) is 14.6 Å². The summed E-state index contributed by atoms with van der Waals surface area (Å²) in [7, 11) is -4.69. The van der Waals surface area contributed by atoms with Gasteiger partial charge in [-0.1, -0.05) is 0 Å². The molecule has 0 aromatic heterocycles. The van der Waals surface area contributed by atoms with E-state index in [1.165, 1.54) is 0 Å². The molecule has 210 valence electrons. The second-order valence-corrected chi connectivity index (χ2v) is 9.62. The Kier molecular flexibility index (Phi) is 9.64. The highest BCUT2D eigenvalue weighted by Crippen LogP contribution is 2.36. The van der Waals surface area contributed by atoms with Gasteiger partial charge in [0.2, 0.25) is 0 Å². The summed E-state index contributed by atoms with van der Waals surface area (Å²) < 4.78 is 39.0. The molecule has 0 bridgehead atoms. The summed E-state index contributed by atoms with van der Waals surface area (Å²) in [6.07, 6.45) is 0.514. The molecule has 0 atom stereocenters. The van der Waals surface area contributed by atoms with Crippen LogP contribution in [0.4, 0.5) is 5.69 Å². The first-order chi connectivity index (χ1) is 18.3. The van der Waals surface area contributed by atoms with Crippen LogP contribution in [0.3, 0.4) is 0 Å². The summed E-state index contributed by atoms with van der Waals surface area (Å²) >= 11 is 0. The second-order valence-electron chi connectivity index (χ2n) is 8.82. The Hall–Kier alpha value is -3.55. The second kappa shape index (κ2) is 12.5. The van der Waals surface area contributed by atoms with Crippen LogP contribution >= 0.6 is 0 Å². The van der Waals surface area contributed by atoms with Crippen molar-refractivity contribution in [1.29, 1.82) is 0 Å². The summed E-state index contributed by atoms with van der Waals surface area (Å²) in [5.74, 6) is -0.907. The van der Waals surface area contributed by atoms with Crippen molar-refractivity contribution in [2.24, 2.45) is 4.99 Å². The lowest BCUT2D eigenvalue weighted by atomic mass is 9.93. The van der Waals surface area contributed by atoms with E-state index >= 15 is 0 Å². The minimum absolute atomic E-state index is 0.0133. The molecule has 2 N–H and O–H groups in total. The number of hydrogen-bond acceptors (Lipinski definition) is 11. The quantitative estimate of drug-likeness (QED) is 0.290. The minimum Gasteiger partial charge on any atom is -0.456 e. The molecule has 39 heavy (non-hydrogen) atoms. The number of hydroxylamine groups is 2. The third-order valence-electron chi connectivity index (χ3n) is 5.97. The number of aryl methyl sites for hydroxylation is 3. The number of carbonyl (C=O) groups excluding carboxylic acids is 3. The molecule has 1 fully saturated rings.